The summed E-state index contributed by atoms with van der Waals surface area (Å²) in [6.07, 6.45) is 0.740. The van der Waals surface area contributed by atoms with Crippen molar-refractivity contribution < 1.29 is 14.3 Å². The van der Waals surface area contributed by atoms with Gasteiger partial charge in [0.2, 0.25) is 0 Å². The molecule has 0 aromatic carbocycles. The molecule has 0 amide bonds. The van der Waals surface area contributed by atoms with Gasteiger partial charge in [-0.1, -0.05) is 0 Å². The first-order chi connectivity index (χ1) is 5.75. The third kappa shape index (κ3) is 3.62. The number of halogens is 1. The molecule has 78 valence electrons. The fourth-order valence-electron chi connectivity index (χ4n) is 1.25. The fourth-order valence-corrected chi connectivity index (χ4v) is 1.25. The van der Waals surface area contributed by atoms with Gasteiger partial charge in [-0.3, -0.25) is 4.79 Å². The van der Waals surface area contributed by atoms with Crippen LogP contribution in [0.15, 0.2) is 0 Å². The smallest absolute Gasteiger partial charge is 0.312 e. The van der Waals surface area contributed by atoms with Gasteiger partial charge in [0.25, 0.3) is 0 Å². The summed E-state index contributed by atoms with van der Waals surface area (Å²) in [4.78, 5) is 11.2. The second kappa shape index (κ2) is 6.34. The Hall–Kier alpha value is -0.130. The first-order valence-electron chi connectivity index (χ1n) is 4.25. The van der Waals surface area contributed by atoms with E-state index in [1.165, 1.54) is 0 Å². The Morgan fingerprint density at radius 1 is 1.69 bits per heavy atom. The summed E-state index contributed by atoms with van der Waals surface area (Å²) in [7, 11) is 0. The van der Waals surface area contributed by atoms with E-state index < -0.39 is 0 Å². The summed E-state index contributed by atoms with van der Waals surface area (Å²) in [5.74, 6) is -0.497. The maximum Gasteiger partial charge on any atom is 0.312 e. The predicted octanol–water partition coefficient (Wildman–Crippen LogP) is 0.491. The van der Waals surface area contributed by atoms with E-state index in [0.29, 0.717) is 19.8 Å². The van der Waals surface area contributed by atoms with Gasteiger partial charge in [0.15, 0.2) is 0 Å². The molecular weight excluding hydrogens is 238 g/mol. The topological polar surface area (TPSA) is 61.5 Å². The Morgan fingerprint density at radius 3 is 2.92 bits per heavy atom. The number of carbonyl (C=O) groups excluding carboxylic acids is 1. The highest BCUT2D eigenvalue weighted by Crippen LogP contribution is 2.13. The highest BCUT2D eigenvalue weighted by molar-refractivity contribution is 8.93. The molecule has 0 radical (unpaired) electrons. The van der Waals surface area contributed by atoms with Crippen LogP contribution >= 0.6 is 17.0 Å². The highest BCUT2D eigenvalue weighted by Gasteiger charge is 2.29. The van der Waals surface area contributed by atoms with Crippen LogP contribution in [0.1, 0.15) is 13.3 Å². The van der Waals surface area contributed by atoms with Crippen molar-refractivity contribution in [1.29, 1.82) is 0 Å². The maximum atomic E-state index is 11.2. The zero-order chi connectivity index (χ0) is 8.97. The fraction of sp³-hybridized carbons (Fsp3) is 0.875. The molecule has 1 saturated heterocycles. The van der Waals surface area contributed by atoms with Crippen LogP contribution in [0.2, 0.25) is 0 Å². The van der Waals surface area contributed by atoms with Crippen molar-refractivity contribution in [2.45, 2.75) is 19.4 Å². The summed E-state index contributed by atoms with van der Waals surface area (Å²) in [5, 5.41) is 0. The predicted molar refractivity (Wildman–Crippen MR) is 53.9 cm³/mol. The molecule has 0 spiro atoms. The summed E-state index contributed by atoms with van der Waals surface area (Å²) >= 11 is 0. The lowest BCUT2D eigenvalue weighted by Gasteiger charge is -2.26. The van der Waals surface area contributed by atoms with Crippen molar-refractivity contribution in [3.63, 3.8) is 0 Å². The maximum absolute atomic E-state index is 11.2. The number of ether oxygens (including phenoxy) is 2. The first kappa shape index (κ1) is 12.9. The van der Waals surface area contributed by atoms with Gasteiger partial charge in [-0.05, 0) is 13.3 Å². The van der Waals surface area contributed by atoms with Gasteiger partial charge in [-0.25, -0.2) is 0 Å². The van der Waals surface area contributed by atoms with Gasteiger partial charge in [-0.15, -0.1) is 17.0 Å². The molecule has 0 aromatic rings. The number of hydrogen-bond donors (Lipinski definition) is 1. The standard InChI is InChI=1S/C8H15NO3.BrH/c1-2-12-8(10)6-5-11-4-3-7(6)9;/h6-7H,2-5,9H2,1H3;1H/t6-,7+;/m1./s1. The van der Waals surface area contributed by atoms with Crippen molar-refractivity contribution in [3.8, 4) is 0 Å². The van der Waals surface area contributed by atoms with Crippen molar-refractivity contribution >= 4 is 23.0 Å². The Kier molecular flexibility index (Phi) is 6.28. The third-order valence-corrected chi connectivity index (χ3v) is 2.00. The van der Waals surface area contributed by atoms with Crippen molar-refractivity contribution in [3.05, 3.63) is 0 Å². The van der Waals surface area contributed by atoms with Crippen LogP contribution in [0.3, 0.4) is 0 Å². The normalized spacial score (nSPS) is 27.5. The molecule has 1 rings (SSSR count). The van der Waals surface area contributed by atoms with Gasteiger partial charge in [0.05, 0.1) is 19.1 Å². The molecule has 0 bridgehead atoms. The second-order valence-corrected chi connectivity index (χ2v) is 2.89. The Morgan fingerprint density at radius 2 is 2.38 bits per heavy atom. The van der Waals surface area contributed by atoms with Crippen LogP contribution in [-0.2, 0) is 14.3 Å². The minimum absolute atomic E-state index is 0. The van der Waals surface area contributed by atoms with Gasteiger partial charge in [0.1, 0.15) is 0 Å². The van der Waals surface area contributed by atoms with Crippen LogP contribution in [-0.4, -0.2) is 31.8 Å². The molecule has 13 heavy (non-hydrogen) atoms. The Bertz CT molecular complexity index is 165. The number of rotatable bonds is 2. The molecule has 1 fully saturated rings. The van der Waals surface area contributed by atoms with E-state index in [2.05, 4.69) is 0 Å². The lowest BCUT2D eigenvalue weighted by Crippen LogP contribution is -2.43. The molecule has 0 aliphatic carbocycles. The van der Waals surface area contributed by atoms with Crippen molar-refractivity contribution in [2.75, 3.05) is 19.8 Å². The van der Waals surface area contributed by atoms with Crippen molar-refractivity contribution in [1.82, 2.24) is 0 Å². The summed E-state index contributed by atoms with van der Waals surface area (Å²) in [6.45, 7) is 3.24. The molecule has 1 aliphatic rings. The molecule has 2 atom stereocenters. The minimum atomic E-state index is -0.265. The van der Waals surface area contributed by atoms with Crippen LogP contribution in [0.25, 0.3) is 0 Å². The minimum Gasteiger partial charge on any atom is -0.466 e. The lowest BCUT2D eigenvalue weighted by molar-refractivity contribution is -0.153. The summed E-state index contributed by atoms with van der Waals surface area (Å²) in [5.41, 5.74) is 5.73. The SMILES string of the molecule is Br.CCOC(=O)[C@@H]1COCC[C@@H]1N. The van der Waals surface area contributed by atoms with E-state index in [1.54, 1.807) is 6.92 Å². The van der Waals surface area contributed by atoms with Crippen molar-refractivity contribution in [2.24, 2.45) is 11.7 Å². The highest BCUT2D eigenvalue weighted by atomic mass is 79.9. The van der Waals surface area contributed by atoms with Crippen LogP contribution in [0, 0.1) is 5.92 Å². The molecule has 1 heterocycles. The second-order valence-electron chi connectivity index (χ2n) is 2.89. The Labute approximate surface area is 88.5 Å². The van der Waals surface area contributed by atoms with E-state index in [9.17, 15) is 4.79 Å². The zero-order valence-electron chi connectivity index (χ0n) is 7.69. The van der Waals surface area contributed by atoms with Gasteiger partial charge in [0, 0.05) is 12.6 Å². The molecule has 0 saturated carbocycles. The number of carbonyl (C=O) groups is 1. The quantitative estimate of drug-likeness (QED) is 0.728. The van der Waals surface area contributed by atoms with E-state index >= 15 is 0 Å². The molecule has 4 nitrogen and oxygen atoms in total. The van der Waals surface area contributed by atoms with Gasteiger partial charge >= 0.3 is 5.97 Å². The monoisotopic (exact) mass is 253 g/mol. The number of nitrogens with two attached hydrogens (primary N) is 1. The van der Waals surface area contributed by atoms with Crippen LogP contribution in [0.4, 0.5) is 0 Å². The largest absolute Gasteiger partial charge is 0.466 e. The Balaban J connectivity index is 0.00000144. The molecule has 2 N–H and O–H groups in total. The van der Waals surface area contributed by atoms with E-state index in [4.69, 9.17) is 15.2 Å². The van der Waals surface area contributed by atoms with Gasteiger partial charge in [-0.2, -0.15) is 0 Å². The van der Waals surface area contributed by atoms with Crippen LogP contribution in [0.5, 0.6) is 0 Å². The molecule has 5 heteroatoms. The average Bonchev–Trinajstić information content (AvgIpc) is 2.05. The summed E-state index contributed by atoms with van der Waals surface area (Å²) < 4.78 is 9.99. The van der Waals surface area contributed by atoms with E-state index in [-0.39, 0.29) is 34.9 Å². The molecular formula is C8H16BrNO3. The van der Waals surface area contributed by atoms with Crippen LogP contribution < -0.4 is 5.73 Å². The summed E-state index contributed by atoms with van der Waals surface area (Å²) in [6, 6.07) is -0.0993. The lowest BCUT2D eigenvalue weighted by atomic mass is 9.97. The molecule has 0 aromatic heterocycles. The van der Waals surface area contributed by atoms with E-state index in [0.717, 1.165) is 6.42 Å². The average molecular weight is 254 g/mol. The molecule has 1 aliphatic heterocycles. The zero-order valence-corrected chi connectivity index (χ0v) is 9.41. The third-order valence-electron chi connectivity index (χ3n) is 2.00. The van der Waals surface area contributed by atoms with Gasteiger partial charge < -0.3 is 15.2 Å². The molecule has 0 unspecified atom stereocenters. The van der Waals surface area contributed by atoms with E-state index in [1.807, 2.05) is 0 Å². The number of hydrogen-bond acceptors (Lipinski definition) is 4. The first-order valence-corrected chi connectivity index (χ1v) is 4.25. The number of esters is 1.